The van der Waals surface area contributed by atoms with Gasteiger partial charge in [-0.1, -0.05) is 12.8 Å². The van der Waals surface area contributed by atoms with Crippen molar-refractivity contribution in [2.24, 2.45) is 7.05 Å². The molecule has 1 saturated carbocycles. The molecule has 2 heterocycles. The molecule has 2 amide bonds. The number of urea groups is 1. The Bertz CT molecular complexity index is 572. The molecule has 1 aromatic rings. The van der Waals surface area contributed by atoms with E-state index in [-0.39, 0.29) is 18.6 Å². The second kappa shape index (κ2) is 7.74. The Morgan fingerprint density at radius 3 is 2.60 bits per heavy atom. The second-order valence-electron chi connectivity index (χ2n) is 7.75. The number of carbonyl (C=O) groups excluding carboxylic acids is 1. The average Bonchev–Trinajstić information content (AvgIpc) is 3.26. The van der Waals surface area contributed by atoms with E-state index < -0.39 is 5.60 Å². The van der Waals surface area contributed by atoms with Crippen molar-refractivity contribution in [3.05, 3.63) is 18.0 Å². The molecule has 7 nitrogen and oxygen atoms in total. The summed E-state index contributed by atoms with van der Waals surface area (Å²) in [6.07, 6.45) is 10.8. The standard InChI is InChI=1S/C18H31N5O2/c1-18(25,14-11-20-22(2)12-14)13-19-17(24)21-15-7-9-23(10-8-15)16-5-3-4-6-16/h11-12,15-16,25H,3-10,13H2,1-2H3,(H2,19,21,24). The molecule has 3 rings (SSSR count). The van der Waals surface area contributed by atoms with Crippen molar-refractivity contribution in [2.45, 2.75) is 63.1 Å². The molecule has 25 heavy (non-hydrogen) atoms. The first-order valence-corrected chi connectivity index (χ1v) is 9.44. The van der Waals surface area contributed by atoms with Crippen molar-refractivity contribution in [1.29, 1.82) is 0 Å². The summed E-state index contributed by atoms with van der Waals surface area (Å²) in [6.45, 7) is 3.99. The molecule has 1 saturated heterocycles. The third kappa shape index (κ3) is 4.73. The number of amides is 2. The van der Waals surface area contributed by atoms with Gasteiger partial charge in [-0.05, 0) is 32.6 Å². The van der Waals surface area contributed by atoms with Gasteiger partial charge in [-0.25, -0.2) is 4.79 Å². The Labute approximate surface area is 149 Å². The molecule has 0 bridgehead atoms. The second-order valence-corrected chi connectivity index (χ2v) is 7.75. The van der Waals surface area contributed by atoms with Crippen molar-refractivity contribution in [3.63, 3.8) is 0 Å². The molecule has 0 aromatic carbocycles. The van der Waals surface area contributed by atoms with Gasteiger partial charge in [0.15, 0.2) is 0 Å². The molecule has 1 aliphatic heterocycles. The first-order valence-electron chi connectivity index (χ1n) is 9.44. The molecule has 1 unspecified atom stereocenters. The lowest BCUT2D eigenvalue weighted by Crippen LogP contribution is -2.51. The van der Waals surface area contributed by atoms with E-state index in [1.165, 1.54) is 25.7 Å². The summed E-state index contributed by atoms with van der Waals surface area (Å²) in [7, 11) is 1.80. The highest BCUT2D eigenvalue weighted by Gasteiger charge is 2.29. The molecule has 1 aromatic heterocycles. The van der Waals surface area contributed by atoms with E-state index in [0.717, 1.165) is 32.0 Å². The maximum atomic E-state index is 12.2. The largest absolute Gasteiger partial charge is 0.383 e. The van der Waals surface area contributed by atoms with Crippen LogP contribution in [-0.2, 0) is 12.6 Å². The zero-order valence-electron chi connectivity index (χ0n) is 15.4. The third-order valence-corrected chi connectivity index (χ3v) is 5.63. The van der Waals surface area contributed by atoms with Gasteiger partial charge in [0.05, 0.1) is 12.7 Å². The fourth-order valence-electron chi connectivity index (χ4n) is 3.97. The number of nitrogens with zero attached hydrogens (tertiary/aromatic N) is 3. The molecule has 2 aliphatic rings. The maximum Gasteiger partial charge on any atom is 0.315 e. The predicted molar refractivity (Wildman–Crippen MR) is 96.2 cm³/mol. The lowest BCUT2D eigenvalue weighted by molar-refractivity contribution is 0.0589. The summed E-state index contributed by atoms with van der Waals surface area (Å²) in [5.74, 6) is 0. The van der Waals surface area contributed by atoms with Gasteiger partial charge in [0, 0.05) is 44.0 Å². The van der Waals surface area contributed by atoms with E-state index in [0.29, 0.717) is 5.56 Å². The topological polar surface area (TPSA) is 82.4 Å². The number of piperidine rings is 1. The number of aliphatic hydroxyl groups is 1. The van der Waals surface area contributed by atoms with E-state index >= 15 is 0 Å². The van der Waals surface area contributed by atoms with Crippen LogP contribution in [0.2, 0.25) is 0 Å². The average molecular weight is 349 g/mol. The number of rotatable bonds is 5. The predicted octanol–water partition coefficient (Wildman–Crippen LogP) is 1.33. The molecule has 7 heteroatoms. The quantitative estimate of drug-likeness (QED) is 0.749. The zero-order valence-corrected chi connectivity index (χ0v) is 15.4. The van der Waals surface area contributed by atoms with Crippen molar-refractivity contribution in [1.82, 2.24) is 25.3 Å². The van der Waals surface area contributed by atoms with Crippen molar-refractivity contribution >= 4 is 6.03 Å². The minimum absolute atomic E-state index is 0.158. The Hall–Kier alpha value is -1.60. The molecule has 1 aliphatic carbocycles. The first-order chi connectivity index (χ1) is 11.9. The van der Waals surface area contributed by atoms with E-state index in [9.17, 15) is 9.90 Å². The number of aryl methyl sites for hydroxylation is 1. The molecular formula is C18H31N5O2. The van der Waals surface area contributed by atoms with E-state index in [1.807, 2.05) is 0 Å². The number of hydrogen-bond acceptors (Lipinski definition) is 4. The van der Waals surface area contributed by atoms with Crippen LogP contribution in [0.4, 0.5) is 4.79 Å². The van der Waals surface area contributed by atoms with Gasteiger partial charge < -0.3 is 20.6 Å². The van der Waals surface area contributed by atoms with Crippen LogP contribution in [-0.4, -0.2) is 57.5 Å². The van der Waals surface area contributed by atoms with Gasteiger partial charge in [0.25, 0.3) is 0 Å². The highest BCUT2D eigenvalue weighted by Crippen LogP contribution is 2.26. The Morgan fingerprint density at radius 2 is 2.00 bits per heavy atom. The summed E-state index contributed by atoms with van der Waals surface area (Å²) < 4.78 is 1.64. The monoisotopic (exact) mass is 349 g/mol. The van der Waals surface area contributed by atoms with Crippen LogP contribution in [0.5, 0.6) is 0 Å². The van der Waals surface area contributed by atoms with E-state index in [2.05, 4.69) is 20.6 Å². The van der Waals surface area contributed by atoms with Crippen molar-refractivity contribution < 1.29 is 9.90 Å². The molecule has 0 spiro atoms. The summed E-state index contributed by atoms with van der Waals surface area (Å²) in [4.78, 5) is 14.8. The highest BCUT2D eigenvalue weighted by atomic mass is 16.3. The number of likely N-dealkylation sites (tertiary alicyclic amines) is 1. The zero-order chi connectivity index (χ0) is 17.9. The Balaban J connectivity index is 1.39. The highest BCUT2D eigenvalue weighted by molar-refractivity contribution is 5.74. The smallest absolute Gasteiger partial charge is 0.315 e. The van der Waals surface area contributed by atoms with Crippen LogP contribution in [0.1, 0.15) is 51.0 Å². The summed E-state index contributed by atoms with van der Waals surface area (Å²) >= 11 is 0. The number of hydrogen-bond donors (Lipinski definition) is 3. The third-order valence-electron chi connectivity index (χ3n) is 5.63. The first kappa shape index (κ1) is 18.2. The lowest BCUT2D eigenvalue weighted by atomic mass is 10.00. The molecule has 2 fully saturated rings. The Kier molecular flexibility index (Phi) is 5.64. The van der Waals surface area contributed by atoms with Crippen LogP contribution in [0.25, 0.3) is 0 Å². The van der Waals surface area contributed by atoms with Crippen LogP contribution >= 0.6 is 0 Å². The van der Waals surface area contributed by atoms with Crippen LogP contribution in [0, 0.1) is 0 Å². The minimum Gasteiger partial charge on any atom is -0.383 e. The molecule has 140 valence electrons. The SMILES string of the molecule is Cn1cc(C(C)(O)CNC(=O)NC2CCN(C3CCCC3)CC2)cn1. The lowest BCUT2D eigenvalue weighted by Gasteiger charge is -2.36. The number of nitrogens with one attached hydrogen (secondary N) is 2. The van der Waals surface area contributed by atoms with E-state index in [4.69, 9.17) is 0 Å². The van der Waals surface area contributed by atoms with Crippen molar-refractivity contribution in [3.8, 4) is 0 Å². The summed E-state index contributed by atoms with van der Waals surface area (Å²) in [5, 5.41) is 20.4. The van der Waals surface area contributed by atoms with E-state index in [1.54, 1.807) is 31.0 Å². The van der Waals surface area contributed by atoms with Gasteiger partial charge in [-0.2, -0.15) is 5.10 Å². The molecule has 0 radical (unpaired) electrons. The Morgan fingerprint density at radius 1 is 1.32 bits per heavy atom. The van der Waals surface area contributed by atoms with Gasteiger partial charge in [-0.15, -0.1) is 0 Å². The fourth-order valence-corrected chi connectivity index (χ4v) is 3.97. The van der Waals surface area contributed by atoms with Gasteiger partial charge >= 0.3 is 6.03 Å². The maximum absolute atomic E-state index is 12.2. The van der Waals surface area contributed by atoms with Crippen LogP contribution in [0.3, 0.4) is 0 Å². The summed E-state index contributed by atoms with van der Waals surface area (Å²) in [6, 6.07) is 0.786. The van der Waals surface area contributed by atoms with Gasteiger partial charge in [0.2, 0.25) is 0 Å². The molecular weight excluding hydrogens is 318 g/mol. The number of aromatic nitrogens is 2. The van der Waals surface area contributed by atoms with Gasteiger partial charge in [-0.3, -0.25) is 4.68 Å². The van der Waals surface area contributed by atoms with Crippen LogP contribution < -0.4 is 10.6 Å². The summed E-state index contributed by atoms with van der Waals surface area (Å²) in [5.41, 5.74) is -0.433. The number of carbonyl (C=O) groups is 1. The minimum atomic E-state index is -1.13. The van der Waals surface area contributed by atoms with Crippen molar-refractivity contribution in [2.75, 3.05) is 19.6 Å². The van der Waals surface area contributed by atoms with Crippen LogP contribution in [0.15, 0.2) is 12.4 Å². The fraction of sp³-hybridized carbons (Fsp3) is 0.778. The molecule has 3 N–H and O–H groups in total. The van der Waals surface area contributed by atoms with Gasteiger partial charge in [0.1, 0.15) is 5.60 Å². The molecule has 1 atom stereocenters. The normalized spacial score (nSPS) is 22.7.